The molecule has 5 rings (SSSR count). The highest BCUT2D eigenvalue weighted by Crippen LogP contribution is 2.32. The van der Waals surface area contributed by atoms with Crippen molar-refractivity contribution in [2.24, 2.45) is 5.92 Å². The number of benzene rings is 2. The standard InChI is InChI=1S/C25H28Cl2N4/c1-16-12-19(26)14-22-24(16)29-25(28-22)18-5-6-23-20(13-18)21(27)15-31(23)9-3-4-17-7-10-30(2)11-8-17/h5-6,12-15,17H,3-4,7-11H2,1-2H3,(H,28,29). The number of aromatic nitrogens is 3. The quantitative estimate of drug-likeness (QED) is 0.355. The van der Waals surface area contributed by atoms with Gasteiger partial charge in [-0.05, 0) is 94.6 Å². The second-order valence-electron chi connectivity index (χ2n) is 9.00. The molecule has 4 nitrogen and oxygen atoms in total. The maximum Gasteiger partial charge on any atom is 0.138 e. The molecular weight excluding hydrogens is 427 g/mol. The highest BCUT2D eigenvalue weighted by Gasteiger charge is 2.17. The van der Waals surface area contributed by atoms with Crippen molar-refractivity contribution in [3.63, 3.8) is 0 Å². The van der Waals surface area contributed by atoms with Crippen LogP contribution in [-0.2, 0) is 6.54 Å². The van der Waals surface area contributed by atoms with E-state index >= 15 is 0 Å². The molecule has 4 aromatic rings. The minimum Gasteiger partial charge on any atom is -0.346 e. The van der Waals surface area contributed by atoms with E-state index in [2.05, 4.69) is 45.9 Å². The zero-order valence-electron chi connectivity index (χ0n) is 18.1. The lowest BCUT2D eigenvalue weighted by atomic mass is 9.92. The number of likely N-dealkylation sites (tertiary alicyclic amines) is 1. The fraction of sp³-hybridized carbons (Fsp3) is 0.400. The molecule has 0 spiro atoms. The van der Waals surface area contributed by atoms with E-state index in [4.69, 9.17) is 28.2 Å². The molecular formula is C25H28Cl2N4. The Morgan fingerprint density at radius 3 is 2.74 bits per heavy atom. The van der Waals surface area contributed by atoms with Crippen molar-refractivity contribution in [1.82, 2.24) is 19.4 Å². The number of nitrogens with one attached hydrogen (secondary N) is 1. The van der Waals surface area contributed by atoms with E-state index in [1.54, 1.807) is 0 Å². The summed E-state index contributed by atoms with van der Waals surface area (Å²) in [5.74, 6) is 1.71. The van der Waals surface area contributed by atoms with Gasteiger partial charge >= 0.3 is 0 Å². The highest BCUT2D eigenvalue weighted by molar-refractivity contribution is 6.35. The Kier molecular flexibility index (Phi) is 5.72. The Morgan fingerprint density at radius 1 is 1.13 bits per heavy atom. The number of imidazole rings is 1. The summed E-state index contributed by atoms with van der Waals surface area (Å²) in [4.78, 5) is 10.7. The number of halogens is 2. The van der Waals surface area contributed by atoms with Gasteiger partial charge in [0.25, 0.3) is 0 Å². The maximum atomic E-state index is 6.63. The minimum atomic E-state index is 0.719. The first-order valence-electron chi connectivity index (χ1n) is 11.1. The average molecular weight is 455 g/mol. The summed E-state index contributed by atoms with van der Waals surface area (Å²) >= 11 is 12.8. The lowest BCUT2D eigenvalue weighted by Gasteiger charge is -2.28. The number of piperidine rings is 1. The number of hydrogen-bond acceptors (Lipinski definition) is 2. The van der Waals surface area contributed by atoms with E-state index in [9.17, 15) is 0 Å². The molecule has 0 aliphatic carbocycles. The summed E-state index contributed by atoms with van der Waals surface area (Å²) in [5.41, 5.74) is 5.20. The maximum absolute atomic E-state index is 6.63. The fourth-order valence-electron chi connectivity index (χ4n) is 4.87. The van der Waals surface area contributed by atoms with Crippen LogP contribution in [0.25, 0.3) is 33.3 Å². The van der Waals surface area contributed by atoms with Gasteiger partial charge in [-0.15, -0.1) is 0 Å². The Balaban J connectivity index is 1.36. The Bertz CT molecular complexity index is 1230. The van der Waals surface area contributed by atoms with E-state index in [0.717, 1.165) is 55.9 Å². The molecule has 1 aliphatic heterocycles. The molecule has 0 amide bonds. The molecule has 2 aromatic carbocycles. The van der Waals surface area contributed by atoms with Crippen molar-refractivity contribution >= 4 is 45.1 Å². The van der Waals surface area contributed by atoms with Gasteiger partial charge in [-0.2, -0.15) is 0 Å². The van der Waals surface area contributed by atoms with Crippen molar-refractivity contribution in [2.75, 3.05) is 20.1 Å². The fourth-order valence-corrected chi connectivity index (χ4v) is 5.41. The normalized spacial score (nSPS) is 16.0. The smallest absolute Gasteiger partial charge is 0.138 e. The predicted molar refractivity (Wildman–Crippen MR) is 131 cm³/mol. The molecule has 0 radical (unpaired) electrons. The van der Waals surface area contributed by atoms with Gasteiger partial charge in [0.05, 0.1) is 16.1 Å². The van der Waals surface area contributed by atoms with Gasteiger partial charge in [-0.1, -0.05) is 23.2 Å². The third kappa shape index (κ3) is 4.21. The number of aryl methyl sites for hydroxylation is 2. The summed E-state index contributed by atoms with van der Waals surface area (Å²) < 4.78 is 2.30. The number of rotatable bonds is 5. The summed E-state index contributed by atoms with van der Waals surface area (Å²) in [6.07, 6.45) is 7.22. The predicted octanol–water partition coefficient (Wildman–Crippen LogP) is 6.92. The van der Waals surface area contributed by atoms with Gasteiger partial charge < -0.3 is 14.5 Å². The molecule has 0 unspecified atom stereocenters. The van der Waals surface area contributed by atoms with Crippen LogP contribution in [0.4, 0.5) is 0 Å². The zero-order chi connectivity index (χ0) is 21.5. The zero-order valence-corrected chi connectivity index (χ0v) is 19.6. The van der Waals surface area contributed by atoms with Crippen LogP contribution >= 0.6 is 23.2 Å². The van der Waals surface area contributed by atoms with Crippen molar-refractivity contribution in [2.45, 2.75) is 39.2 Å². The van der Waals surface area contributed by atoms with Crippen LogP contribution < -0.4 is 0 Å². The average Bonchev–Trinajstić information content (AvgIpc) is 3.31. The summed E-state index contributed by atoms with van der Waals surface area (Å²) in [5, 5.41) is 2.59. The minimum absolute atomic E-state index is 0.719. The number of nitrogens with zero attached hydrogens (tertiary/aromatic N) is 3. The Hall–Kier alpha value is -2.01. The largest absolute Gasteiger partial charge is 0.346 e. The van der Waals surface area contributed by atoms with Crippen LogP contribution in [0.15, 0.2) is 36.5 Å². The van der Waals surface area contributed by atoms with Crippen LogP contribution in [-0.4, -0.2) is 39.6 Å². The van der Waals surface area contributed by atoms with Crippen molar-refractivity contribution in [3.05, 3.63) is 52.1 Å². The molecule has 1 aliphatic rings. The van der Waals surface area contributed by atoms with Crippen molar-refractivity contribution in [1.29, 1.82) is 0 Å². The molecule has 162 valence electrons. The first-order valence-corrected chi connectivity index (χ1v) is 11.9. The highest BCUT2D eigenvalue weighted by atomic mass is 35.5. The van der Waals surface area contributed by atoms with Gasteiger partial charge in [-0.25, -0.2) is 4.98 Å². The summed E-state index contributed by atoms with van der Waals surface area (Å²) in [7, 11) is 2.22. The first kappa shape index (κ1) is 20.9. The SMILES string of the molecule is Cc1cc(Cl)cc2[nH]c(-c3ccc4c(c3)c(Cl)cn4CCCC3CCN(C)CC3)nc12. The third-order valence-corrected chi connectivity index (χ3v) is 7.22. The number of hydrogen-bond donors (Lipinski definition) is 1. The molecule has 3 heterocycles. The van der Waals surface area contributed by atoms with Crippen LogP contribution in [0, 0.1) is 12.8 Å². The van der Waals surface area contributed by atoms with Crippen LogP contribution in [0.1, 0.15) is 31.2 Å². The molecule has 0 bridgehead atoms. The lowest BCUT2D eigenvalue weighted by molar-refractivity contribution is 0.209. The van der Waals surface area contributed by atoms with Gasteiger partial charge in [0.1, 0.15) is 5.82 Å². The van der Waals surface area contributed by atoms with E-state index < -0.39 is 0 Å². The third-order valence-electron chi connectivity index (χ3n) is 6.70. The van der Waals surface area contributed by atoms with Gasteiger partial charge in [0.2, 0.25) is 0 Å². The van der Waals surface area contributed by atoms with Crippen LogP contribution in [0.3, 0.4) is 0 Å². The van der Waals surface area contributed by atoms with E-state index in [1.807, 2.05) is 19.1 Å². The Labute approximate surface area is 193 Å². The molecule has 6 heteroatoms. The monoisotopic (exact) mass is 454 g/mol. The van der Waals surface area contributed by atoms with Crippen molar-refractivity contribution < 1.29 is 0 Å². The Morgan fingerprint density at radius 2 is 1.94 bits per heavy atom. The van der Waals surface area contributed by atoms with Gasteiger partial charge in [0.15, 0.2) is 0 Å². The van der Waals surface area contributed by atoms with E-state index in [1.165, 1.54) is 44.3 Å². The van der Waals surface area contributed by atoms with E-state index in [0.29, 0.717) is 0 Å². The molecule has 0 saturated carbocycles. The second kappa shape index (κ2) is 8.50. The van der Waals surface area contributed by atoms with Gasteiger partial charge in [-0.3, -0.25) is 0 Å². The van der Waals surface area contributed by atoms with Crippen molar-refractivity contribution in [3.8, 4) is 11.4 Å². The topological polar surface area (TPSA) is 36.9 Å². The number of aromatic amines is 1. The molecule has 2 aromatic heterocycles. The molecule has 1 saturated heterocycles. The number of H-pyrrole nitrogens is 1. The second-order valence-corrected chi connectivity index (χ2v) is 9.84. The molecule has 0 atom stereocenters. The lowest BCUT2D eigenvalue weighted by Crippen LogP contribution is -2.30. The van der Waals surface area contributed by atoms with E-state index in [-0.39, 0.29) is 0 Å². The molecule has 1 N–H and O–H groups in total. The summed E-state index contributed by atoms with van der Waals surface area (Å²) in [6.45, 7) is 5.51. The van der Waals surface area contributed by atoms with Crippen LogP contribution in [0.5, 0.6) is 0 Å². The first-order chi connectivity index (χ1) is 15.0. The summed E-state index contributed by atoms with van der Waals surface area (Å²) in [6, 6.07) is 10.3. The van der Waals surface area contributed by atoms with Gasteiger partial charge in [0, 0.05) is 34.2 Å². The molecule has 1 fully saturated rings. The van der Waals surface area contributed by atoms with Crippen LogP contribution in [0.2, 0.25) is 10.0 Å². The molecule has 31 heavy (non-hydrogen) atoms. The number of fused-ring (bicyclic) bond motifs is 2.